The zero-order valence-corrected chi connectivity index (χ0v) is 17.1. The Kier molecular flexibility index (Phi) is 6.54. The van der Waals surface area contributed by atoms with Crippen LogP contribution in [0.2, 0.25) is 5.02 Å². The Morgan fingerprint density at radius 1 is 1.23 bits per heavy atom. The molecule has 0 atom stereocenters. The first kappa shape index (κ1) is 21.9. The van der Waals surface area contributed by atoms with Crippen LogP contribution in [-0.2, 0) is 14.8 Å². The smallest absolute Gasteiger partial charge is 0.312 e. The SMILES string of the molecule is O=C(COc1ccc(S(=O)(=O)N2CCCC2)cc1[N+](=O)[O-])Nc1ccc(Cl)cc1F. The lowest BCUT2D eigenvalue weighted by atomic mass is 10.3. The normalized spacial score (nSPS) is 14.5. The fourth-order valence-electron chi connectivity index (χ4n) is 2.92. The van der Waals surface area contributed by atoms with Gasteiger partial charge in [-0.1, -0.05) is 11.6 Å². The highest BCUT2D eigenvalue weighted by molar-refractivity contribution is 7.89. The number of hydrogen-bond acceptors (Lipinski definition) is 6. The molecular formula is C18H17ClFN3O6S. The first-order valence-electron chi connectivity index (χ1n) is 8.85. The van der Waals surface area contributed by atoms with Gasteiger partial charge in [-0.3, -0.25) is 14.9 Å². The molecule has 1 N–H and O–H groups in total. The van der Waals surface area contributed by atoms with E-state index in [4.69, 9.17) is 16.3 Å². The number of sulfonamides is 1. The van der Waals surface area contributed by atoms with Gasteiger partial charge >= 0.3 is 5.69 Å². The van der Waals surface area contributed by atoms with Crippen molar-refractivity contribution in [2.45, 2.75) is 17.7 Å². The van der Waals surface area contributed by atoms with E-state index in [1.54, 1.807) is 0 Å². The minimum Gasteiger partial charge on any atom is -0.477 e. The van der Waals surface area contributed by atoms with E-state index >= 15 is 0 Å². The zero-order chi connectivity index (χ0) is 21.9. The second kappa shape index (κ2) is 8.94. The number of nitro groups is 1. The molecule has 3 rings (SSSR count). The minimum atomic E-state index is -3.85. The van der Waals surface area contributed by atoms with E-state index in [9.17, 15) is 27.7 Å². The maximum Gasteiger partial charge on any atom is 0.312 e. The molecule has 0 unspecified atom stereocenters. The summed E-state index contributed by atoms with van der Waals surface area (Å²) in [7, 11) is -3.85. The van der Waals surface area contributed by atoms with Gasteiger partial charge in [0, 0.05) is 24.2 Å². The highest BCUT2D eigenvalue weighted by Crippen LogP contribution is 2.32. The summed E-state index contributed by atoms with van der Waals surface area (Å²) >= 11 is 5.64. The van der Waals surface area contributed by atoms with E-state index in [1.807, 2.05) is 0 Å². The summed E-state index contributed by atoms with van der Waals surface area (Å²) in [5.41, 5.74) is -0.727. The Morgan fingerprint density at radius 3 is 2.57 bits per heavy atom. The molecule has 0 radical (unpaired) electrons. The number of rotatable bonds is 7. The number of nitrogens with one attached hydrogen (secondary N) is 1. The molecule has 1 amide bonds. The van der Waals surface area contributed by atoms with E-state index in [0.29, 0.717) is 13.1 Å². The number of carbonyl (C=O) groups is 1. The molecule has 2 aromatic rings. The lowest BCUT2D eigenvalue weighted by Crippen LogP contribution is -2.28. The topological polar surface area (TPSA) is 119 Å². The maximum atomic E-state index is 13.7. The number of anilines is 1. The van der Waals surface area contributed by atoms with Gasteiger partial charge in [-0.15, -0.1) is 0 Å². The molecule has 1 fully saturated rings. The van der Waals surface area contributed by atoms with Crippen LogP contribution in [0.3, 0.4) is 0 Å². The van der Waals surface area contributed by atoms with Crippen molar-refractivity contribution in [3.05, 3.63) is 57.4 Å². The highest BCUT2D eigenvalue weighted by atomic mass is 35.5. The van der Waals surface area contributed by atoms with Crippen molar-refractivity contribution >= 4 is 38.9 Å². The molecule has 0 spiro atoms. The molecule has 2 aromatic carbocycles. The Balaban J connectivity index is 1.74. The maximum absolute atomic E-state index is 13.7. The molecule has 0 aliphatic carbocycles. The van der Waals surface area contributed by atoms with Crippen LogP contribution in [0.4, 0.5) is 15.8 Å². The van der Waals surface area contributed by atoms with Crippen LogP contribution in [0.15, 0.2) is 41.3 Å². The molecule has 1 saturated heterocycles. The van der Waals surface area contributed by atoms with Crippen molar-refractivity contribution in [3.63, 3.8) is 0 Å². The van der Waals surface area contributed by atoms with Gasteiger partial charge in [0.05, 0.1) is 15.5 Å². The van der Waals surface area contributed by atoms with Crippen LogP contribution in [0.25, 0.3) is 0 Å². The van der Waals surface area contributed by atoms with Gasteiger partial charge in [0.2, 0.25) is 10.0 Å². The van der Waals surface area contributed by atoms with E-state index < -0.39 is 39.0 Å². The number of benzene rings is 2. The second-order valence-electron chi connectivity index (χ2n) is 6.46. The fourth-order valence-corrected chi connectivity index (χ4v) is 4.62. The van der Waals surface area contributed by atoms with Gasteiger partial charge < -0.3 is 10.1 Å². The van der Waals surface area contributed by atoms with E-state index in [0.717, 1.165) is 31.0 Å². The predicted octanol–water partition coefficient (Wildman–Crippen LogP) is 3.19. The number of hydrogen-bond donors (Lipinski definition) is 1. The number of carbonyl (C=O) groups excluding carboxylic acids is 1. The number of halogens is 2. The minimum absolute atomic E-state index is 0.130. The predicted molar refractivity (Wildman–Crippen MR) is 107 cm³/mol. The van der Waals surface area contributed by atoms with Gasteiger partial charge in [0.25, 0.3) is 5.91 Å². The quantitative estimate of drug-likeness (QED) is 0.503. The Bertz CT molecular complexity index is 1090. The van der Waals surface area contributed by atoms with E-state index in [1.165, 1.54) is 22.5 Å². The number of ether oxygens (including phenoxy) is 1. The first-order valence-corrected chi connectivity index (χ1v) is 10.7. The molecule has 0 bridgehead atoms. The Labute approximate surface area is 176 Å². The lowest BCUT2D eigenvalue weighted by molar-refractivity contribution is -0.386. The van der Waals surface area contributed by atoms with Gasteiger partial charge in [-0.05, 0) is 43.2 Å². The highest BCUT2D eigenvalue weighted by Gasteiger charge is 2.30. The summed E-state index contributed by atoms with van der Waals surface area (Å²) in [6.45, 7) is 0.0623. The van der Waals surface area contributed by atoms with Gasteiger partial charge in [-0.2, -0.15) is 4.31 Å². The fraction of sp³-hybridized carbons (Fsp3) is 0.278. The monoisotopic (exact) mass is 457 g/mol. The summed E-state index contributed by atoms with van der Waals surface area (Å²) in [5.74, 6) is -1.80. The average Bonchev–Trinajstić information content (AvgIpc) is 3.24. The van der Waals surface area contributed by atoms with Gasteiger partial charge in [0.1, 0.15) is 5.82 Å². The molecule has 30 heavy (non-hydrogen) atoms. The standard InChI is InChI=1S/C18H17ClFN3O6S/c19-12-3-5-15(14(20)9-12)21-18(24)11-29-17-6-4-13(10-16(17)23(25)26)30(27,28)22-7-1-2-8-22/h3-6,9-10H,1-2,7-8,11H2,(H,21,24). The largest absolute Gasteiger partial charge is 0.477 e. The molecule has 12 heteroatoms. The lowest BCUT2D eigenvalue weighted by Gasteiger charge is -2.16. The van der Waals surface area contributed by atoms with Crippen molar-refractivity contribution in [1.82, 2.24) is 4.31 Å². The summed E-state index contributed by atoms with van der Waals surface area (Å²) in [6.07, 6.45) is 1.46. The summed E-state index contributed by atoms with van der Waals surface area (Å²) < 4.78 is 45.4. The van der Waals surface area contributed by atoms with E-state index in [-0.39, 0.29) is 21.4 Å². The molecule has 0 saturated carbocycles. The molecule has 1 heterocycles. The Morgan fingerprint density at radius 2 is 1.93 bits per heavy atom. The van der Waals surface area contributed by atoms with Crippen LogP contribution in [-0.4, -0.2) is 43.2 Å². The van der Waals surface area contributed by atoms with Crippen LogP contribution in [0, 0.1) is 15.9 Å². The number of nitrogens with zero attached hydrogens (tertiary/aromatic N) is 2. The van der Waals surface area contributed by atoms with Crippen molar-refractivity contribution in [2.75, 3.05) is 25.0 Å². The second-order valence-corrected chi connectivity index (χ2v) is 8.83. The number of nitro benzene ring substituents is 1. The molecule has 1 aliphatic rings. The van der Waals surface area contributed by atoms with Crippen molar-refractivity contribution in [2.24, 2.45) is 0 Å². The van der Waals surface area contributed by atoms with Gasteiger partial charge in [0.15, 0.2) is 12.4 Å². The van der Waals surface area contributed by atoms with Crippen LogP contribution in [0.5, 0.6) is 5.75 Å². The summed E-state index contributed by atoms with van der Waals surface area (Å²) in [6, 6.07) is 6.87. The summed E-state index contributed by atoms with van der Waals surface area (Å²) in [5, 5.41) is 13.8. The van der Waals surface area contributed by atoms with Crippen LogP contribution < -0.4 is 10.1 Å². The molecule has 0 aromatic heterocycles. The summed E-state index contributed by atoms with van der Waals surface area (Å²) in [4.78, 5) is 22.4. The molecule has 9 nitrogen and oxygen atoms in total. The zero-order valence-electron chi connectivity index (χ0n) is 15.5. The first-order chi connectivity index (χ1) is 14.2. The van der Waals surface area contributed by atoms with Gasteiger partial charge in [-0.25, -0.2) is 12.8 Å². The van der Waals surface area contributed by atoms with Crippen LogP contribution >= 0.6 is 11.6 Å². The third-order valence-electron chi connectivity index (χ3n) is 4.39. The third-order valence-corrected chi connectivity index (χ3v) is 6.52. The van der Waals surface area contributed by atoms with Crippen molar-refractivity contribution in [3.8, 4) is 5.75 Å². The number of amides is 1. The molecule has 160 valence electrons. The van der Waals surface area contributed by atoms with E-state index in [2.05, 4.69) is 5.32 Å². The average molecular weight is 458 g/mol. The van der Waals surface area contributed by atoms with Crippen molar-refractivity contribution < 1.29 is 27.3 Å². The molecular weight excluding hydrogens is 441 g/mol. The van der Waals surface area contributed by atoms with Crippen LogP contribution in [0.1, 0.15) is 12.8 Å². The van der Waals surface area contributed by atoms with Crippen molar-refractivity contribution in [1.29, 1.82) is 0 Å². The molecule has 1 aliphatic heterocycles. The third kappa shape index (κ3) is 4.86. The Hall–Kier alpha value is -2.76.